The Labute approximate surface area is 135 Å². The first kappa shape index (κ1) is 15.9. The summed E-state index contributed by atoms with van der Waals surface area (Å²) in [6.45, 7) is 0. The van der Waals surface area contributed by atoms with Gasteiger partial charge in [0, 0.05) is 23.2 Å². The number of nitrogens with one attached hydrogen (secondary N) is 1. The summed E-state index contributed by atoms with van der Waals surface area (Å²) in [7, 11) is 0. The minimum absolute atomic E-state index is 0.286. The second-order valence-corrected chi connectivity index (χ2v) is 5.47. The Kier molecular flexibility index (Phi) is 3.68. The third kappa shape index (κ3) is 2.67. The van der Waals surface area contributed by atoms with Crippen LogP contribution in [0.5, 0.6) is 5.75 Å². The molecule has 0 fully saturated rings. The smallest absolute Gasteiger partial charge is 0.416 e. The van der Waals surface area contributed by atoms with Crippen LogP contribution in [0.25, 0.3) is 0 Å². The maximum absolute atomic E-state index is 13.0. The van der Waals surface area contributed by atoms with Crippen molar-refractivity contribution >= 4 is 11.6 Å². The fourth-order valence-corrected chi connectivity index (χ4v) is 2.82. The van der Waals surface area contributed by atoms with Gasteiger partial charge in [-0.1, -0.05) is 24.3 Å². The van der Waals surface area contributed by atoms with Gasteiger partial charge >= 0.3 is 6.18 Å². The highest BCUT2D eigenvalue weighted by Crippen LogP contribution is 2.43. The van der Waals surface area contributed by atoms with Crippen molar-refractivity contribution in [3.63, 3.8) is 0 Å². The first-order valence-corrected chi connectivity index (χ1v) is 7.03. The molecule has 2 unspecified atom stereocenters. The zero-order valence-corrected chi connectivity index (χ0v) is 12.3. The van der Waals surface area contributed by atoms with Crippen LogP contribution in [0, 0.1) is 22.7 Å². The number of benzene rings is 2. The molecule has 0 aliphatic carbocycles. The zero-order valence-electron chi connectivity index (χ0n) is 12.3. The third-order valence-electron chi connectivity index (χ3n) is 3.92. The van der Waals surface area contributed by atoms with E-state index < -0.39 is 23.6 Å². The van der Waals surface area contributed by atoms with Gasteiger partial charge in [-0.3, -0.25) is 5.41 Å². The predicted octanol–water partition coefficient (Wildman–Crippen LogP) is 3.93. The second-order valence-electron chi connectivity index (χ2n) is 5.47. The molecule has 24 heavy (non-hydrogen) atoms. The molecule has 0 bridgehead atoms. The number of anilines is 1. The molecule has 0 aromatic heterocycles. The Morgan fingerprint density at radius 2 is 1.92 bits per heavy atom. The highest BCUT2D eigenvalue weighted by Gasteiger charge is 2.38. The average molecular weight is 331 g/mol. The standard InChI is InChI=1S/C17H12F3N3O/c18-17(19,20)10-3-1-2-9(6-10)15-12-5-4-11(22)7-14(12)24-16(23)13(15)8-21/h1-7,13,15,23H,22H2. The lowest BCUT2D eigenvalue weighted by Crippen LogP contribution is -2.31. The monoisotopic (exact) mass is 331 g/mol. The second kappa shape index (κ2) is 5.57. The molecule has 7 heteroatoms. The average Bonchev–Trinajstić information content (AvgIpc) is 2.52. The lowest BCUT2D eigenvalue weighted by molar-refractivity contribution is -0.137. The van der Waals surface area contributed by atoms with E-state index in [0.29, 0.717) is 16.8 Å². The summed E-state index contributed by atoms with van der Waals surface area (Å²) in [5.74, 6) is -1.76. The third-order valence-corrected chi connectivity index (χ3v) is 3.92. The first-order chi connectivity index (χ1) is 11.3. The van der Waals surface area contributed by atoms with Crippen molar-refractivity contribution in [2.24, 2.45) is 5.92 Å². The van der Waals surface area contributed by atoms with Crippen LogP contribution in [-0.2, 0) is 6.18 Å². The van der Waals surface area contributed by atoms with Crippen LogP contribution in [0.15, 0.2) is 42.5 Å². The Morgan fingerprint density at radius 1 is 1.17 bits per heavy atom. The number of nitrogens with zero attached hydrogens (tertiary/aromatic N) is 1. The lowest BCUT2D eigenvalue weighted by atomic mass is 9.78. The van der Waals surface area contributed by atoms with Gasteiger partial charge in [-0.2, -0.15) is 18.4 Å². The minimum Gasteiger partial charge on any atom is -0.442 e. The molecule has 3 rings (SSSR count). The number of alkyl halides is 3. The molecule has 2 aromatic rings. The van der Waals surface area contributed by atoms with E-state index in [-0.39, 0.29) is 11.6 Å². The van der Waals surface area contributed by atoms with Crippen LogP contribution in [-0.4, -0.2) is 5.90 Å². The van der Waals surface area contributed by atoms with Crippen molar-refractivity contribution < 1.29 is 17.9 Å². The van der Waals surface area contributed by atoms with Gasteiger partial charge in [-0.15, -0.1) is 0 Å². The molecular weight excluding hydrogens is 319 g/mol. The molecule has 0 radical (unpaired) electrons. The Bertz CT molecular complexity index is 855. The van der Waals surface area contributed by atoms with Gasteiger partial charge in [0.15, 0.2) is 0 Å². The predicted molar refractivity (Wildman–Crippen MR) is 81.6 cm³/mol. The van der Waals surface area contributed by atoms with Crippen molar-refractivity contribution in [2.75, 3.05) is 5.73 Å². The van der Waals surface area contributed by atoms with Crippen LogP contribution >= 0.6 is 0 Å². The number of ether oxygens (including phenoxy) is 1. The van der Waals surface area contributed by atoms with E-state index in [4.69, 9.17) is 15.9 Å². The Balaban J connectivity index is 2.18. The molecule has 0 amide bonds. The van der Waals surface area contributed by atoms with E-state index in [2.05, 4.69) is 0 Å². The molecule has 2 atom stereocenters. The van der Waals surface area contributed by atoms with Crippen molar-refractivity contribution in [1.29, 1.82) is 10.7 Å². The topological polar surface area (TPSA) is 82.9 Å². The number of hydrogen-bond donors (Lipinski definition) is 2. The molecule has 1 aliphatic rings. The van der Waals surface area contributed by atoms with Gasteiger partial charge in [-0.05, 0) is 17.7 Å². The highest BCUT2D eigenvalue weighted by atomic mass is 19.4. The molecule has 2 aromatic carbocycles. The molecule has 0 spiro atoms. The fraction of sp³-hybridized carbons (Fsp3) is 0.176. The fourth-order valence-electron chi connectivity index (χ4n) is 2.82. The van der Waals surface area contributed by atoms with Gasteiger partial charge < -0.3 is 10.5 Å². The number of hydrogen-bond acceptors (Lipinski definition) is 4. The normalized spacial score (nSPS) is 20.0. The van der Waals surface area contributed by atoms with Crippen LogP contribution in [0.4, 0.5) is 18.9 Å². The van der Waals surface area contributed by atoms with Gasteiger partial charge in [0.05, 0.1) is 11.6 Å². The molecule has 0 saturated heterocycles. The number of nitrogens with two attached hydrogens (primary N) is 1. The largest absolute Gasteiger partial charge is 0.442 e. The van der Waals surface area contributed by atoms with Crippen molar-refractivity contribution in [2.45, 2.75) is 12.1 Å². The molecule has 4 nitrogen and oxygen atoms in total. The van der Waals surface area contributed by atoms with Gasteiger partial charge in [0.25, 0.3) is 0 Å². The molecular formula is C17H12F3N3O. The van der Waals surface area contributed by atoms with Crippen molar-refractivity contribution in [3.05, 3.63) is 59.2 Å². The number of fused-ring (bicyclic) bond motifs is 1. The summed E-state index contributed by atoms with van der Waals surface area (Å²) in [6.07, 6.45) is -4.49. The summed E-state index contributed by atoms with van der Waals surface area (Å²) in [5, 5.41) is 17.3. The maximum atomic E-state index is 13.0. The van der Waals surface area contributed by atoms with E-state index in [1.165, 1.54) is 18.2 Å². The SMILES string of the molecule is N#CC1C(=N)Oc2cc(N)ccc2C1c1cccc(C(F)(F)F)c1. The summed E-state index contributed by atoms with van der Waals surface area (Å²) >= 11 is 0. The van der Waals surface area contributed by atoms with Crippen molar-refractivity contribution in [3.8, 4) is 11.8 Å². The first-order valence-electron chi connectivity index (χ1n) is 7.03. The van der Waals surface area contributed by atoms with E-state index in [1.807, 2.05) is 6.07 Å². The van der Waals surface area contributed by atoms with Crippen LogP contribution in [0.1, 0.15) is 22.6 Å². The van der Waals surface area contributed by atoms with Crippen LogP contribution < -0.4 is 10.5 Å². The molecule has 0 saturated carbocycles. The number of rotatable bonds is 1. The number of nitrogen functional groups attached to an aromatic ring is 1. The Morgan fingerprint density at radius 3 is 2.58 bits per heavy atom. The number of nitriles is 1. The summed E-state index contributed by atoms with van der Waals surface area (Å²) in [6, 6.07) is 11.4. The lowest BCUT2D eigenvalue weighted by Gasteiger charge is -2.30. The zero-order chi connectivity index (χ0) is 17.5. The molecule has 3 N–H and O–H groups in total. The van der Waals surface area contributed by atoms with Crippen LogP contribution in [0.3, 0.4) is 0 Å². The van der Waals surface area contributed by atoms with E-state index in [1.54, 1.807) is 12.1 Å². The minimum atomic E-state index is -4.49. The Hall–Kier alpha value is -3.01. The van der Waals surface area contributed by atoms with E-state index in [9.17, 15) is 18.4 Å². The maximum Gasteiger partial charge on any atom is 0.416 e. The molecule has 122 valence electrons. The van der Waals surface area contributed by atoms with Gasteiger partial charge in [-0.25, -0.2) is 0 Å². The van der Waals surface area contributed by atoms with Crippen molar-refractivity contribution in [1.82, 2.24) is 0 Å². The highest BCUT2D eigenvalue weighted by molar-refractivity contribution is 5.85. The van der Waals surface area contributed by atoms with E-state index in [0.717, 1.165) is 12.1 Å². The van der Waals surface area contributed by atoms with Gasteiger partial charge in [0.2, 0.25) is 5.90 Å². The van der Waals surface area contributed by atoms with Crippen LogP contribution in [0.2, 0.25) is 0 Å². The molecule has 1 heterocycles. The quantitative estimate of drug-likeness (QED) is 0.777. The number of halogens is 3. The van der Waals surface area contributed by atoms with E-state index >= 15 is 0 Å². The summed E-state index contributed by atoms with van der Waals surface area (Å²) in [5.41, 5.74) is 6.13. The summed E-state index contributed by atoms with van der Waals surface area (Å²) in [4.78, 5) is 0. The summed E-state index contributed by atoms with van der Waals surface area (Å²) < 4.78 is 44.3. The van der Waals surface area contributed by atoms with Gasteiger partial charge in [0.1, 0.15) is 11.7 Å². The molecule has 1 aliphatic heterocycles.